The fraction of sp³-hybridized carbons (Fsp3) is 0.263. The Labute approximate surface area is 147 Å². The largest absolute Gasteiger partial charge is 0.280 e. The number of hydrogen-bond acceptors (Lipinski definition) is 3. The van der Waals surface area contributed by atoms with Gasteiger partial charge in [0.2, 0.25) is 0 Å². The second-order valence-corrected chi connectivity index (χ2v) is 9.96. The molecule has 3 nitrogen and oxygen atoms in total. The third kappa shape index (κ3) is 3.47. The number of thiophene rings is 1. The van der Waals surface area contributed by atoms with Crippen molar-refractivity contribution >= 4 is 37.1 Å². The summed E-state index contributed by atoms with van der Waals surface area (Å²) < 4.78 is 29.0. The minimum atomic E-state index is -3.58. The first-order valence-corrected chi connectivity index (χ1v) is 10.1. The van der Waals surface area contributed by atoms with E-state index in [0.717, 1.165) is 15.6 Å². The second kappa shape index (κ2) is 5.90. The van der Waals surface area contributed by atoms with E-state index in [9.17, 15) is 8.42 Å². The average molecular weight is 360 g/mol. The second-order valence-electron chi connectivity index (χ2n) is 6.99. The zero-order valence-electron chi connectivity index (χ0n) is 14.3. The van der Waals surface area contributed by atoms with Crippen molar-refractivity contribution in [1.82, 2.24) is 0 Å². The van der Waals surface area contributed by atoms with Crippen molar-refractivity contribution in [2.45, 2.75) is 38.0 Å². The SMILES string of the molecule is Cc1cc2cc(NS(=O)(=O)c3ccc(C(C)(C)C)cc3)ccc2s1. The highest BCUT2D eigenvalue weighted by Gasteiger charge is 2.18. The number of nitrogens with one attached hydrogen (secondary N) is 1. The predicted molar refractivity (Wildman–Crippen MR) is 103 cm³/mol. The molecule has 1 aromatic heterocycles. The standard InChI is InChI=1S/C19H21NO2S2/c1-13-11-14-12-16(7-10-18(14)23-13)20-24(21,22)17-8-5-15(6-9-17)19(2,3)4/h5-12,20H,1-4H3. The lowest BCUT2D eigenvalue weighted by Gasteiger charge is -2.19. The molecule has 1 heterocycles. The van der Waals surface area contributed by atoms with E-state index in [0.29, 0.717) is 5.69 Å². The molecule has 0 amide bonds. The highest BCUT2D eigenvalue weighted by atomic mass is 32.2. The van der Waals surface area contributed by atoms with Crippen molar-refractivity contribution in [3.8, 4) is 0 Å². The Morgan fingerprint density at radius 1 is 0.958 bits per heavy atom. The fourth-order valence-corrected chi connectivity index (χ4v) is 4.54. The van der Waals surface area contributed by atoms with Gasteiger partial charge in [-0.3, -0.25) is 4.72 Å². The quantitative estimate of drug-likeness (QED) is 0.689. The van der Waals surface area contributed by atoms with E-state index in [1.54, 1.807) is 29.5 Å². The zero-order chi connectivity index (χ0) is 17.5. The van der Waals surface area contributed by atoms with E-state index in [-0.39, 0.29) is 10.3 Å². The van der Waals surface area contributed by atoms with Crippen LogP contribution in [0.3, 0.4) is 0 Å². The van der Waals surface area contributed by atoms with Crippen LogP contribution < -0.4 is 4.72 Å². The summed E-state index contributed by atoms with van der Waals surface area (Å²) in [6, 6.07) is 14.8. The molecule has 0 radical (unpaired) electrons. The Morgan fingerprint density at radius 2 is 1.62 bits per heavy atom. The van der Waals surface area contributed by atoms with Crippen molar-refractivity contribution in [3.63, 3.8) is 0 Å². The Kier molecular flexibility index (Phi) is 4.18. The molecule has 0 atom stereocenters. The van der Waals surface area contributed by atoms with Crippen LogP contribution in [-0.2, 0) is 15.4 Å². The summed E-state index contributed by atoms with van der Waals surface area (Å²) in [5.74, 6) is 0. The van der Waals surface area contributed by atoms with Crippen LogP contribution in [0.25, 0.3) is 10.1 Å². The van der Waals surface area contributed by atoms with E-state index < -0.39 is 10.0 Å². The van der Waals surface area contributed by atoms with Gasteiger partial charge in [0.25, 0.3) is 10.0 Å². The minimum Gasteiger partial charge on any atom is -0.280 e. The smallest absolute Gasteiger partial charge is 0.261 e. The molecule has 5 heteroatoms. The number of sulfonamides is 1. The maximum Gasteiger partial charge on any atom is 0.261 e. The number of aryl methyl sites for hydroxylation is 1. The molecule has 0 aliphatic rings. The zero-order valence-corrected chi connectivity index (χ0v) is 15.9. The molecule has 0 unspecified atom stereocenters. The molecule has 24 heavy (non-hydrogen) atoms. The van der Waals surface area contributed by atoms with E-state index in [1.165, 1.54) is 4.88 Å². The topological polar surface area (TPSA) is 46.2 Å². The fourth-order valence-electron chi connectivity index (χ4n) is 2.59. The van der Waals surface area contributed by atoms with Gasteiger partial charge in [-0.25, -0.2) is 8.42 Å². The van der Waals surface area contributed by atoms with Gasteiger partial charge in [0.1, 0.15) is 0 Å². The van der Waals surface area contributed by atoms with Crippen LogP contribution in [0, 0.1) is 6.92 Å². The number of benzene rings is 2. The van der Waals surface area contributed by atoms with E-state index in [1.807, 2.05) is 31.2 Å². The summed E-state index contributed by atoms with van der Waals surface area (Å²) >= 11 is 1.70. The Bertz CT molecular complexity index is 978. The van der Waals surface area contributed by atoms with Crippen molar-refractivity contribution in [1.29, 1.82) is 0 Å². The van der Waals surface area contributed by atoms with Gasteiger partial charge in [-0.15, -0.1) is 11.3 Å². The molecule has 0 fully saturated rings. The third-order valence-electron chi connectivity index (χ3n) is 3.92. The van der Waals surface area contributed by atoms with Crippen molar-refractivity contribution in [3.05, 3.63) is 59.0 Å². The van der Waals surface area contributed by atoms with Crippen LogP contribution in [0.4, 0.5) is 5.69 Å². The van der Waals surface area contributed by atoms with Crippen molar-refractivity contribution in [2.75, 3.05) is 4.72 Å². The molecule has 0 saturated carbocycles. The summed E-state index contributed by atoms with van der Waals surface area (Å²) in [6.07, 6.45) is 0. The first-order valence-electron chi connectivity index (χ1n) is 7.79. The van der Waals surface area contributed by atoms with Gasteiger partial charge in [0.15, 0.2) is 0 Å². The normalized spacial score (nSPS) is 12.5. The molecule has 2 aromatic carbocycles. The van der Waals surface area contributed by atoms with Crippen LogP contribution in [-0.4, -0.2) is 8.42 Å². The predicted octanol–water partition coefficient (Wildman–Crippen LogP) is 5.31. The number of anilines is 1. The molecule has 3 rings (SSSR count). The average Bonchev–Trinajstić information content (AvgIpc) is 2.85. The van der Waals surface area contributed by atoms with Crippen molar-refractivity contribution < 1.29 is 8.42 Å². The van der Waals surface area contributed by atoms with Crippen LogP contribution in [0.15, 0.2) is 53.4 Å². The van der Waals surface area contributed by atoms with Crippen molar-refractivity contribution in [2.24, 2.45) is 0 Å². The Hall–Kier alpha value is -1.85. The molecular formula is C19H21NO2S2. The van der Waals surface area contributed by atoms with Gasteiger partial charge in [-0.05, 0) is 59.7 Å². The number of fused-ring (bicyclic) bond motifs is 1. The molecule has 0 aliphatic heterocycles. The van der Waals surface area contributed by atoms with Crippen LogP contribution in [0.2, 0.25) is 0 Å². The minimum absolute atomic E-state index is 0.00241. The summed E-state index contributed by atoms with van der Waals surface area (Å²) in [6.45, 7) is 8.36. The lowest BCUT2D eigenvalue weighted by Crippen LogP contribution is -2.14. The molecule has 0 bridgehead atoms. The molecule has 1 N–H and O–H groups in total. The first-order chi connectivity index (χ1) is 11.1. The summed E-state index contributed by atoms with van der Waals surface area (Å²) in [5.41, 5.74) is 1.69. The van der Waals surface area contributed by atoms with Gasteiger partial charge in [-0.1, -0.05) is 32.9 Å². The van der Waals surface area contributed by atoms with E-state index >= 15 is 0 Å². The molecule has 0 aliphatic carbocycles. The highest BCUT2D eigenvalue weighted by Crippen LogP contribution is 2.29. The van der Waals surface area contributed by atoms with Crippen LogP contribution in [0.1, 0.15) is 31.2 Å². The van der Waals surface area contributed by atoms with E-state index in [4.69, 9.17) is 0 Å². The Morgan fingerprint density at radius 3 is 2.25 bits per heavy atom. The summed E-state index contributed by atoms with van der Waals surface area (Å²) in [5, 5.41) is 1.06. The molecule has 0 saturated heterocycles. The summed E-state index contributed by atoms with van der Waals surface area (Å²) in [7, 11) is -3.58. The third-order valence-corrected chi connectivity index (χ3v) is 6.35. The van der Waals surface area contributed by atoms with Gasteiger partial charge >= 0.3 is 0 Å². The van der Waals surface area contributed by atoms with Gasteiger partial charge in [0, 0.05) is 15.3 Å². The number of rotatable bonds is 3. The van der Waals surface area contributed by atoms with Gasteiger partial charge in [-0.2, -0.15) is 0 Å². The highest BCUT2D eigenvalue weighted by molar-refractivity contribution is 7.92. The maximum absolute atomic E-state index is 12.6. The Balaban J connectivity index is 1.89. The van der Waals surface area contributed by atoms with Gasteiger partial charge < -0.3 is 0 Å². The molecule has 126 valence electrons. The lowest BCUT2D eigenvalue weighted by molar-refractivity contribution is 0.587. The molecule has 0 spiro atoms. The van der Waals surface area contributed by atoms with E-state index in [2.05, 4.69) is 31.6 Å². The van der Waals surface area contributed by atoms with Gasteiger partial charge in [0.05, 0.1) is 4.90 Å². The number of hydrogen-bond donors (Lipinski definition) is 1. The first kappa shape index (κ1) is 17.0. The van der Waals surface area contributed by atoms with Crippen LogP contribution >= 0.6 is 11.3 Å². The monoisotopic (exact) mass is 359 g/mol. The molecule has 3 aromatic rings. The molecular weight excluding hydrogens is 338 g/mol. The van der Waals surface area contributed by atoms with Crippen LogP contribution in [0.5, 0.6) is 0 Å². The maximum atomic E-state index is 12.6. The lowest BCUT2D eigenvalue weighted by atomic mass is 9.87. The summed E-state index contributed by atoms with van der Waals surface area (Å²) in [4.78, 5) is 1.49.